The van der Waals surface area contributed by atoms with E-state index in [1.165, 1.54) is 13.8 Å². The van der Waals surface area contributed by atoms with E-state index in [9.17, 15) is 9.59 Å². The molecule has 2 nitrogen and oxygen atoms in total. The van der Waals surface area contributed by atoms with Crippen LogP contribution in [0.15, 0.2) is 22.3 Å². The Hall–Kier alpha value is -1.18. The fraction of sp³-hybridized carbons (Fsp3) is 0.500. The molecule has 78 valence electrons. The van der Waals surface area contributed by atoms with Crippen LogP contribution >= 0.6 is 0 Å². The van der Waals surface area contributed by atoms with Gasteiger partial charge in [0, 0.05) is 11.1 Å². The summed E-state index contributed by atoms with van der Waals surface area (Å²) < 4.78 is 0. The monoisotopic (exact) mass is 194 g/mol. The molecule has 0 N–H and O–H groups in total. The second-order valence-electron chi connectivity index (χ2n) is 3.86. The molecule has 2 heteroatoms. The first-order valence-electron chi connectivity index (χ1n) is 4.66. The van der Waals surface area contributed by atoms with E-state index in [4.69, 9.17) is 0 Å². The number of hydrogen-bond acceptors (Lipinski definition) is 2. The van der Waals surface area contributed by atoms with Gasteiger partial charge < -0.3 is 0 Å². The molecule has 0 saturated heterocycles. The fourth-order valence-corrected chi connectivity index (χ4v) is 1.56. The van der Waals surface area contributed by atoms with E-state index in [1.807, 2.05) is 27.7 Å². The van der Waals surface area contributed by atoms with Crippen molar-refractivity contribution in [1.82, 2.24) is 0 Å². The van der Waals surface area contributed by atoms with Gasteiger partial charge in [-0.05, 0) is 41.5 Å². The topological polar surface area (TPSA) is 34.1 Å². The minimum Gasteiger partial charge on any atom is -0.294 e. The van der Waals surface area contributed by atoms with Gasteiger partial charge in [-0.3, -0.25) is 9.59 Å². The molecule has 0 aromatic rings. The molecular weight excluding hydrogens is 176 g/mol. The minimum atomic E-state index is -0.0450. The molecule has 0 aliphatic heterocycles. The molecule has 0 aromatic carbocycles. The van der Waals surface area contributed by atoms with Gasteiger partial charge in [0.25, 0.3) is 0 Å². The first-order chi connectivity index (χ1) is 6.29. The van der Waals surface area contributed by atoms with Crippen LogP contribution < -0.4 is 0 Å². The van der Waals surface area contributed by atoms with Gasteiger partial charge in [0.05, 0.1) is 0 Å². The van der Waals surface area contributed by atoms with Crippen LogP contribution in [0.5, 0.6) is 0 Å². The Bertz CT molecular complexity index is 288. The number of Topliss-reactive ketones (excluding diaryl/α,β-unsaturated/α-hetero) is 2. The van der Waals surface area contributed by atoms with Crippen molar-refractivity contribution in [3.05, 3.63) is 22.3 Å². The summed E-state index contributed by atoms with van der Waals surface area (Å²) in [5.74, 6) is -0.0900. The predicted octanol–water partition coefficient (Wildman–Crippen LogP) is 2.84. The molecule has 0 aromatic heterocycles. The summed E-state index contributed by atoms with van der Waals surface area (Å²) in [6.07, 6.45) is 0. The first kappa shape index (κ1) is 12.8. The molecule has 0 atom stereocenters. The molecule has 0 bridgehead atoms. The summed E-state index contributed by atoms with van der Waals surface area (Å²) in [7, 11) is 0. The first-order valence-corrected chi connectivity index (χ1v) is 4.66. The Morgan fingerprint density at radius 1 is 0.571 bits per heavy atom. The van der Waals surface area contributed by atoms with Crippen LogP contribution in [-0.4, -0.2) is 11.6 Å². The lowest BCUT2D eigenvalue weighted by Crippen LogP contribution is -2.10. The third-order valence-electron chi connectivity index (χ3n) is 1.95. The van der Waals surface area contributed by atoms with E-state index in [2.05, 4.69) is 0 Å². The highest BCUT2D eigenvalue weighted by molar-refractivity contribution is 6.11. The van der Waals surface area contributed by atoms with Gasteiger partial charge in [0.15, 0.2) is 11.6 Å². The highest BCUT2D eigenvalue weighted by Crippen LogP contribution is 2.20. The SMILES string of the molecule is CC(=O)C(=C(C)C)C(C(C)=O)=C(C)C. The quantitative estimate of drug-likeness (QED) is 0.511. The Morgan fingerprint density at radius 3 is 0.857 bits per heavy atom. The summed E-state index contributed by atoms with van der Waals surface area (Å²) in [5.41, 5.74) is 2.92. The number of carbonyl (C=O) groups excluding carboxylic acids is 2. The van der Waals surface area contributed by atoms with Gasteiger partial charge in [0.1, 0.15) is 0 Å². The lowest BCUT2D eigenvalue weighted by Gasteiger charge is -2.10. The molecule has 0 aliphatic carbocycles. The van der Waals surface area contributed by atoms with Gasteiger partial charge in [-0.1, -0.05) is 11.1 Å². The van der Waals surface area contributed by atoms with Gasteiger partial charge in [-0.25, -0.2) is 0 Å². The van der Waals surface area contributed by atoms with E-state index in [0.717, 1.165) is 11.1 Å². The van der Waals surface area contributed by atoms with Crippen molar-refractivity contribution in [3.63, 3.8) is 0 Å². The number of rotatable bonds is 3. The van der Waals surface area contributed by atoms with E-state index in [1.54, 1.807) is 0 Å². The number of ketones is 2. The Labute approximate surface area is 85.7 Å². The van der Waals surface area contributed by atoms with E-state index >= 15 is 0 Å². The highest BCUT2D eigenvalue weighted by atomic mass is 16.1. The maximum atomic E-state index is 11.4. The minimum absolute atomic E-state index is 0.0450. The number of allylic oxidation sites excluding steroid dienone is 4. The summed E-state index contributed by atoms with van der Waals surface area (Å²) in [6.45, 7) is 10.4. The van der Waals surface area contributed by atoms with Crippen LogP contribution in [0.2, 0.25) is 0 Å². The third-order valence-corrected chi connectivity index (χ3v) is 1.95. The Balaban J connectivity index is 5.66. The van der Waals surface area contributed by atoms with Crippen LogP contribution in [0.1, 0.15) is 41.5 Å². The summed E-state index contributed by atoms with van der Waals surface area (Å²) in [5, 5.41) is 0. The summed E-state index contributed by atoms with van der Waals surface area (Å²) >= 11 is 0. The van der Waals surface area contributed by atoms with Crippen LogP contribution in [-0.2, 0) is 9.59 Å². The second kappa shape index (κ2) is 4.89. The molecule has 0 aliphatic rings. The number of hydrogen-bond donors (Lipinski definition) is 0. The molecule has 0 saturated carbocycles. The van der Waals surface area contributed by atoms with Crippen LogP contribution in [0, 0.1) is 0 Å². The zero-order valence-electron chi connectivity index (χ0n) is 9.82. The standard InChI is InChI=1S/C12H18O2/c1-7(2)11(9(5)13)12(8(3)4)10(6)14/h1-6H3. The normalized spacial score (nSPS) is 9.29. The average molecular weight is 194 g/mol. The maximum Gasteiger partial charge on any atom is 0.160 e. The smallest absolute Gasteiger partial charge is 0.160 e. The molecule has 0 amide bonds. The second-order valence-corrected chi connectivity index (χ2v) is 3.86. The van der Waals surface area contributed by atoms with Crippen LogP contribution in [0.4, 0.5) is 0 Å². The van der Waals surface area contributed by atoms with E-state index in [-0.39, 0.29) is 11.6 Å². The third kappa shape index (κ3) is 2.95. The van der Waals surface area contributed by atoms with E-state index < -0.39 is 0 Å². The van der Waals surface area contributed by atoms with Gasteiger partial charge in [-0.15, -0.1) is 0 Å². The van der Waals surface area contributed by atoms with Gasteiger partial charge in [-0.2, -0.15) is 0 Å². The van der Waals surface area contributed by atoms with Crippen molar-refractivity contribution in [2.75, 3.05) is 0 Å². The van der Waals surface area contributed by atoms with Crippen molar-refractivity contribution in [3.8, 4) is 0 Å². The van der Waals surface area contributed by atoms with Gasteiger partial charge >= 0.3 is 0 Å². The molecule has 0 spiro atoms. The van der Waals surface area contributed by atoms with Gasteiger partial charge in [0.2, 0.25) is 0 Å². The molecule has 0 heterocycles. The highest BCUT2D eigenvalue weighted by Gasteiger charge is 2.17. The van der Waals surface area contributed by atoms with Crippen molar-refractivity contribution >= 4 is 11.6 Å². The number of carbonyl (C=O) groups is 2. The lowest BCUT2D eigenvalue weighted by molar-refractivity contribution is -0.116. The summed E-state index contributed by atoms with van der Waals surface area (Å²) in [4.78, 5) is 22.8. The molecular formula is C12H18O2. The lowest BCUT2D eigenvalue weighted by atomic mass is 9.92. The Morgan fingerprint density at radius 2 is 0.786 bits per heavy atom. The molecule has 0 rings (SSSR count). The van der Waals surface area contributed by atoms with Crippen molar-refractivity contribution in [2.24, 2.45) is 0 Å². The van der Waals surface area contributed by atoms with Crippen LogP contribution in [0.3, 0.4) is 0 Å². The van der Waals surface area contributed by atoms with E-state index in [0.29, 0.717) is 11.1 Å². The Kier molecular flexibility index (Phi) is 4.48. The zero-order valence-corrected chi connectivity index (χ0v) is 9.82. The maximum absolute atomic E-state index is 11.4. The van der Waals surface area contributed by atoms with Crippen molar-refractivity contribution < 1.29 is 9.59 Å². The average Bonchev–Trinajstić information content (AvgIpc) is 1.96. The largest absolute Gasteiger partial charge is 0.294 e. The summed E-state index contributed by atoms with van der Waals surface area (Å²) in [6, 6.07) is 0. The van der Waals surface area contributed by atoms with Crippen molar-refractivity contribution in [1.29, 1.82) is 0 Å². The predicted molar refractivity (Wildman–Crippen MR) is 58.1 cm³/mol. The molecule has 0 unspecified atom stereocenters. The molecule has 0 fully saturated rings. The van der Waals surface area contributed by atoms with Crippen LogP contribution in [0.25, 0.3) is 0 Å². The zero-order chi connectivity index (χ0) is 11.5. The van der Waals surface area contributed by atoms with Crippen molar-refractivity contribution in [2.45, 2.75) is 41.5 Å². The molecule has 0 radical (unpaired) electrons. The molecule has 14 heavy (non-hydrogen) atoms. The fourth-order valence-electron chi connectivity index (χ4n) is 1.56.